The topological polar surface area (TPSA) is 80.0 Å². The van der Waals surface area contributed by atoms with Gasteiger partial charge in [0.2, 0.25) is 5.91 Å². The van der Waals surface area contributed by atoms with Crippen LogP contribution in [0.4, 0.5) is 19.0 Å². The number of nitrogens with zero attached hydrogens (tertiary/aromatic N) is 1. The third-order valence-electron chi connectivity index (χ3n) is 4.37. The molecule has 0 spiro atoms. The van der Waals surface area contributed by atoms with Crippen molar-refractivity contribution in [1.82, 2.24) is 10.3 Å². The maximum atomic E-state index is 12.6. The fourth-order valence-corrected chi connectivity index (χ4v) is 3.21. The van der Waals surface area contributed by atoms with Gasteiger partial charge in [0, 0.05) is 25.2 Å². The van der Waals surface area contributed by atoms with Crippen molar-refractivity contribution < 1.29 is 18.0 Å². The van der Waals surface area contributed by atoms with Crippen LogP contribution in [0.25, 0.3) is 0 Å². The molecule has 2 unspecified atom stereocenters. The van der Waals surface area contributed by atoms with Crippen molar-refractivity contribution in [3.05, 3.63) is 22.8 Å². The molecule has 2 atom stereocenters. The zero-order valence-corrected chi connectivity index (χ0v) is 16.9. The molecule has 27 heavy (non-hydrogen) atoms. The van der Waals surface area contributed by atoms with E-state index in [1.165, 1.54) is 0 Å². The SMILES string of the molecule is Cl.Cl.NCC1CCCCC1NC(=O)CCNc1ncc(C(F)(F)F)cc1Cl. The largest absolute Gasteiger partial charge is 0.417 e. The number of anilines is 1. The molecule has 1 aromatic rings. The van der Waals surface area contributed by atoms with Gasteiger partial charge in [0.05, 0.1) is 10.6 Å². The highest BCUT2D eigenvalue weighted by Crippen LogP contribution is 2.32. The van der Waals surface area contributed by atoms with Crippen LogP contribution in [0.1, 0.15) is 37.7 Å². The Morgan fingerprint density at radius 3 is 2.56 bits per heavy atom. The van der Waals surface area contributed by atoms with Gasteiger partial charge in [-0.25, -0.2) is 4.98 Å². The summed E-state index contributed by atoms with van der Waals surface area (Å²) in [6.45, 7) is 0.776. The zero-order chi connectivity index (χ0) is 18.4. The minimum absolute atomic E-state index is 0. The number of halogens is 6. The Balaban J connectivity index is 0.00000338. The van der Waals surface area contributed by atoms with Crippen LogP contribution in [0.5, 0.6) is 0 Å². The molecule has 5 nitrogen and oxygen atoms in total. The number of nitrogens with one attached hydrogen (secondary N) is 2. The Bertz CT molecular complexity index is 605. The first-order chi connectivity index (χ1) is 11.8. The van der Waals surface area contributed by atoms with Gasteiger partial charge in [-0.15, -0.1) is 24.8 Å². The normalized spacial score (nSPS) is 19.4. The van der Waals surface area contributed by atoms with Crippen LogP contribution in [-0.4, -0.2) is 30.0 Å². The summed E-state index contributed by atoms with van der Waals surface area (Å²) in [7, 11) is 0. The predicted octanol–water partition coefficient (Wildman–Crippen LogP) is 4.03. The van der Waals surface area contributed by atoms with E-state index in [0.29, 0.717) is 18.7 Å². The fourth-order valence-electron chi connectivity index (χ4n) is 2.98. The molecule has 1 aliphatic carbocycles. The van der Waals surface area contributed by atoms with Crippen molar-refractivity contribution in [3.8, 4) is 0 Å². The summed E-state index contributed by atoms with van der Waals surface area (Å²) in [4.78, 5) is 15.7. The molecule has 1 fully saturated rings. The number of hydrogen-bond acceptors (Lipinski definition) is 4. The molecular weight excluding hydrogens is 428 g/mol. The van der Waals surface area contributed by atoms with Gasteiger partial charge < -0.3 is 16.4 Å². The molecule has 0 radical (unpaired) electrons. The highest BCUT2D eigenvalue weighted by Gasteiger charge is 2.31. The average molecular weight is 452 g/mol. The Morgan fingerprint density at radius 2 is 1.96 bits per heavy atom. The van der Waals surface area contributed by atoms with Gasteiger partial charge in [0.1, 0.15) is 5.82 Å². The molecule has 0 aliphatic heterocycles. The smallest absolute Gasteiger partial charge is 0.368 e. The van der Waals surface area contributed by atoms with Crippen molar-refractivity contribution in [2.45, 2.75) is 44.3 Å². The van der Waals surface area contributed by atoms with Gasteiger partial charge in [0.25, 0.3) is 0 Å². The van der Waals surface area contributed by atoms with Crippen molar-refractivity contribution in [2.75, 3.05) is 18.4 Å². The van der Waals surface area contributed by atoms with Crippen molar-refractivity contribution in [3.63, 3.8) is 0 Å². The highest BCUT2D eigenvalue weighted by molar-refractivity contribution is 6.32. The summed E-state index contributed by atoms with van der Waals surface area (Å²) >= 11 is 5.80. The second-order valence-electron chi connectivity index (χ2n) is 6.18. The molecule has 1 saturated carbocycles. The third kappa shape index (κ3) is 7.89. The summed E-state index contributed by atoms with van der Waals surface area (Å²) in [5.74, 6) is 0.303. The predicted molar refractivity (Wildman–Crippen MR) is 105 cm³/mol. The molecule has 4 N–H and O–H groups in total. The van der Waals surface area contributed by atoms with Gasteiger partial charge in [-0.3, -0.25) is 4.79 Å². The molecule has 156 valence electrons. The molecule has 1 aliphatic rings. The fraction of sp³-hybridized carbons (Fsp3) is 0.625. The Kier molecular flexibility index (Phi) is 11.4. The summed E-state index contributed by atoms with van der Waals surface area (Å²) in [6.07, 6.45) is 0.542. The quantitative estimate of drug-likeness (QED) is 0.610. The van der Waals surface area contributed by atoms with Crippen LogP contribution in [-0.2, 0) is 11.0 Å². The van der Waals surface area contributed by atoms with Crippen LogP contribution < -0.4 is 16.4 Å². The molecule has 0 saturated heterocycles. The van der Waals surface area contributed by atoms with Crippen LogP contribution >= 0.6 is 36.4 Å². The number of nitrogens with two attached hydrogens (primary N) is 1. The van der Waals surface area contributed by atoms with E-state index in [1.807, 2.05) is 0 Å². The van der Waals surface area contributed by atoms with Crippen LogP contribution in [0.3, 0.4) is 0 Å². The van der Waals surface area contributed by atoms with E-state index in [-0.39, 0.29) is 60.6 Å². The number of carbonyl (C=O) groups excluding carboxylic acids is 1. The third-order valence-corrected chi connectivity index (χ3v) is 4.66. The molecule has 0 bridgehead atoms. The van der Waals surface area contributed by atoms with E-state index in [9.17, 15) is 18.0 Å². The highest BCUT2D eigenvalue weighted by atomic mass is 35.5. The zero-order valence-electron chi connectivity index (χ0n) is 14.5. The van der Waals surface area contributed by atoms with Gasteiger partial charge >= 0.3 is 6.18 Å². The van der Waals surface area contributed by atoms with Crippen molar-refractivity contribution in [1.29, 1.82) is 0 Å². The van der Waals surface area contributed by atoms with E-state index >= 15 is 0 Å². The molecule has 1 heterocycles. The summed E-state index contributed by atoms with van der Waals surface area (Å²) < 4.78 is 37.7. The van der Waals surface area contributed by atoms with Gasteiger partial charge in [-0.05, 0) is 31.4 Å². The number of alkyl halides is 3. The maximum Gasteiger partial charge on any atom is 0.417 e. The number of aromatic nitrogens is 1. The van der Waals surface area contributed by atoms with Gasteiger partial charge in [-0.1, -0.05) is 24.4 Å². The minimum Gasteiger partial charge on any atom is -0.368 e. The lowest BCUT2D eigenvalue weighted by Crippen LogP contribution is -2.45. The second-order valence-corrected chi connectivity index (χ2v) is 6.59. The number of hydrogen-bond donors (Lipinski definition) is 3. The van der Waals surface area contributed by atoms with Crippen molar-refractivity contribution >= 4 is 48.1 Å². The van der Waals surface area contributed by atoms with E-state index in [2.05, 4.69) is 15.6 Å². The van der Waals surface area contributed by atoms with E-state index in [4.69, 9.17) is 17.3 Å². The van der Waals surface area contributed by atoms with Gasteiger partial charge in [-0.2, -0.15) is 13.2 Å². The monoisotopic (exact) mass is 450 g/mol. The molecule has 0 aromatic carbocycles. The number of carbonyl (C=O) groups is 1. The first-order valence-electron chi connectivity index (χ1n) is 8.27. The van der Waals surface area contributed by atoms with Crippen LogP contribution in [0.15, 0.2) is 12.3 Å². The summed E-state index contributed by atoms with van der Waals surface area (Å²) in [5.41, 5.74) is 4.83. The van der Waals surface area contributed by atoms with E-state index < -0.39 is 11.7 Å². The lowest BCUT2D eigenvalue weighted by atomic mass is 9.84. The maximum absolute atomic E-state index is 12.6. The Morgan fingerprint density at radius 1 is 1.30 bits per heavy atom. The Labute approximate surface area is 173 Å². The van der Waals surface area contributed by atoms with Crippen LogP contribution in [0.2, 0.25) is 5.02 Å². The van der Waals surface area contributed by atoms with Crippen LogP contribution in [0, 0.1) is 5.92 Å². The average Bonchev–Trinajstić information content (AvgIpc) is 2.56. The minimum atomic E-state index is -4.49. The molecule has 2 rings (SSSR count). The van der Waals surface area contributed by atoms with Gasteiger partial charge in [0.15, 0.2) is 0 Å². The summed E-state index contributed by atoms with van der Waals surface area (Å²) in [5, 5.41) is 5.64. The first kappa shape index (κ1) is 26.0. The lowest BCUT2D eigenvalue weighted by Gasteiger charge is -2.31. The Hall–Kier alpha value is -0.960. The molecule has 1 amide bonds. The van der Waals surface area contributed by atoms with Crippen molar-refractivity contribution in [2.24, 2.45) is 11.7 Å². The first-order valence-corrected chi connectivity index (χ1v) is 8.65. The molecule has 11 heteroatoms. The number of rotatable bonds is 6. The number of pyridine rings is 1. The lowest BCUT2D eigenvalue weighted by molar-refractivity contribution is -0.137. The number of amides is 1. The second kappa shape index (κ2) is 11.8. The van der Waals surface area contributed by atoms with E-state index in [0.717, 1.165) is 31.7 Å². The van der Waals surface area contributed by atoms with E-state index in [1.54, 1.807) is 0 Å². The summed E-state index contributed by atoms with van der Waals surface area (Å²) in [6, 6.07) is 0.907. The molecular formula is C16H24Cl3F3N4O. The molecule has 1 aromatic heterocycles. The standard InChI is InChI=1S/C16H22ClF3N4O.2ClH/c17-12-7-11(16(18,19)20)9-23-15(12)22-6-5-14(25)24-13-4-2-1-3-10(13)8-21;;/h7,9-10,13H,1-6,8,21H2,(H,22,23)(H,24,25);2*1H.